The van der Waals surface area contributed by atoms with Gasteiger partial charge in [0.15, 0.2) is 5.82 Å². The first kappa shape index (κ1) is 14.4. The molecule has 1 fully saturated rings. The molecule has 116 valence electrons. The zero-order valence-corrected chi connectivity index (χ0v) is 12.0. The van der Waals surface area contributed by atoms with Gasteiger partial charge in [0.25, 0.3) is 0 Å². The van der Waals surface area contributed by atoms with Gasteiger partial charge in [-0.15, -0.1) is 5.10 Å². The number of anilines is 2. The number of carbonyl (C=O) groups is 1. The van der Waals surface area contributed by atoms with Crippen molar-refractivity contribution in [2.45, 2.75) is 25.4 Å². The average Bonchev–Trinajstić information content (AvgIpc) is 3.19. The van der Waals surface area contributed by atoms with Crippen LogP contribution in [0.3, 0.4) is 0 Å². The molecule has 22 heavy (non-hydrogen) atoms. The molecule has 9 heteroatoms. The van der Waals surface area contributed by atoms with Crippen molar-refractivity contribution < 1.29 is 9.53 Å². The van der Waals surface area contributed by atoms with E-state index in [0.717, 1.165) is 19.4 Å². The van der Waals surface area contributed by atoms with Crippen LogP contribution >= 0.6 is 0 Å². The molecule has 0 aliphatic carbocycles. The van der Waals surface area contributed by atoms with Crippen LogP contribution in [0, 0.1) is 0 Å². The van der Waals surface area contributed by atoms with Gasteiger partial charge >= 0.3 is 0 Å². The van der Waals surface area contributed by atoms with Crippen molar-refractivity contribution in [2.75, 3.05) is 23.8 Å². The number of nitrogens with zero attached hydrogens (tertiary/aromatic N) is 4. The molecule has 0 bridgehead atoms. The number of aromatic nitrogens is 5. The molecule has 1 aliphatic rings. The molecular formula is C13H17N7O2. The van der Waals surface area contributed by atoms with Crippen LogP contribution in [0.25, 0.3) is 0 Å². The molecule has 1 amide bonds. The highest BCUT2D eigenvalue weighted by Gasteiger charge is 2.21. The fourth-order valence-corrected chi connectivity index (χ4v) is 2.13. The lowest BCUT2D eigenvalue weighted by Crippen LogP contribution is -2.17. The van der Waals surface area contributed by atoms with Crippen molar-refractivity contribution in [3.05, 3.63) is 24.3 Å². The van der Waals surface area contributed by atoms with E-state index in [-0.39, 0.29) is 24.4 Å². The highest BCUT2D eigenvalue weighted by atomic mass is 16.5. The van der Waals surface area contributed by atoms with Gasteiger partial charge in [-0.05, 0) is 18.9 Å². The fraction of sp³-hybridized carbons (Fsp3) is 0.462. The Balaban J connectivity index is 1.43. The second-order valence-electron chi connectivity index (χ2n) is 4.84. The molecule has 0 aromatic carbocycles. The molecule has 0 spiro atoms. The van der Waals surface area contributed by atoms with Crippen LogP contribution in [-0.2, 0) is 9.53 Å². The molecule has 0 unspecified atom stereocenters. The quantitative estimate of drug-likeness (QED) is 0.725. The second kappa shape index (κ2) is 6.94. The first-order chi connectivity index (χ1) is 10.8. The molecule has 2 aromatic rings. The Hall–Kier alpha value is -2.55. The van der Waals surface area contributed by atoms with Gasteiger partial charge in [-0.25, -0.2) is 9.97 Å². The van der Waals surface area contributed by atoms with Gasteiger partial charge in [-0.3, -0.25) is 15.2 Å². The van der Waals surface area contributed by atoms with Crippen molar-refractivity contribution in [3.8, 4) is 0 Å². The fourth-order valence-electron chi connectivity index (χ4n) is 2.13. The number of ether oxygens (including phenoxy) is 1. The molecule has 1 atom stereocenters. The predicted octanol–water partition coefficient (Wildman–Crippen LogP) is 0.887. The van der Waals surface area contributed by atoms with Crippen LogP contribution in [0.5, 0.6) is 0 Å². The van der Waals surface area contributed by atoms with E-state index in [1.807, 2.05) is 0 Å². The molecule has 2 aromatic heterocycles. The van der Waals surface area contributed by atoms with Crippen LogP contribution < -0.4 is 10.6 Å². The van der Waals surface area contributed by atoms with Crippen molar-refractivity contribution in [2.24, 2.45) is 0 Å². The summed E-state index contributed by atoms with van der Waals surface area (Å²) >= 11 is 0. The third-order valence-electron chi connectivity index (χ3n) is 3.19. The first-order valence-corrected chi connectivity index (χ1v) is 7.16. The minimum Gasteiger partial charge on any atom is -0.370 e. The molecule has 0 radical (unpaired) electrons. The van der Waals surface area contributed by atoms with Crippen LogP contribution in [0.4, 0.5) is 11.9 Å². The summed E-state index contributed by atoms with van der Waals surface area (Å²) in [6, 6.07) is 1.73. The van der Waals surface area contributed by atoms with E-state index < -0.39 is 0 Å². The summed E-state index contributed by atoms with van der Waals surface area (Å²) in [6.45, 7) is 1.17. The van der Waals surface area contributed by atoms with E-state index in [1.165, 1.54) is 0 Å². The Bertz CT molecular complexity index is 610. The Morgan fingerprint density at radius 1 is 1.36 bits per heavy atom. The number of nitrogens with one attached hydrogen (secondary N) is 3. The third kappa shape index (κ3) is 3.76. The molecular weight excluding hydrogens is 286 g/mol. The Morgan fingerprint density at radius 3 is 3.00 bits per heavy atom. The van der Waals surface area contributed by atoms with E-state index in [1.54, 1.807) is 18.5 Å². The zero-order valence-electron chi connectivity index (χ0n) is 12.0. The van der Waals surface area contributed by atoms with E-state index in [2.05, 4.69) is 35.8 Å². The van der Waals surface area contributed by atoms with Crippen LogP contribution in [0.15, 0.2) is 18.5 Å². The smallest absolute Gasteiger partial charge is 0.248 e. The monoisotopic (exact) mass is 303 g/mol. The summed E-state index contributed by atoms with van der Waals surface area (Å²) in [5, 5.41) is 12.4. The van der Waals surface area contributed by atoms with Crippen molar-refractivity contribution >= 4 is 17.8 Å². The Morgan fingerprint density at radius 2 is 2.23 bits per heavy atom. The van der Waals surface area contributed by atoms with Gasteiger partial charge in [0.05, 0.1) is 0 Å². The largest absolute Gasteiger partial charge is 0.370 e. The minimum atomic E-state index is -0.179. The topological polar surface area (TPSA) is 118 Å². The standard InChI is InChI=1S/C13H17N7O2/c21-10(4-7-16-12-14-5-2-6-15-12)17-13-18-11(19-20-13)9-3-1-8-22-9/h2,5-6,9H,1,3-4,7-8H2,(H,14,15,16)(H2,17,18,19,20,21)/t9-/m0/s1. The van der Waals surface area contributed by atoms with Gasteiger partial charge in [0, 0.05) is 32.0 Å². The Kier molecular flexibility index (Phi) is 4.54. The van der Waals surface area contributed by atoms with Crippen molar-refractivity contribution in [1.29, 1.82) is 0 Å². The second-order valence-corrected chi connectivity index (χ2v) is 4.84. The lowest BCUT2D eigenvalue weighted by atomic mass is 10.2. The van der Waals surface area contributed by atoms with E-state index in [4.69, 9.17) is 4.74 Å². The maximum absolute atomic E-state index is 11.8. The summed E-state index contributed by atoms with van der Waals surface area (Å²) in [4.78, 5) is 24.1. The van der Waals surface area contributed by atoms with Gasteiger partial charge in [-0.1, -0.05) is 0 Å². The normalized spacial score (nSPS) is 17.4. The predicted molar refractivity (Wildman–Crippen MR) is 78.1 cm³/mol. The summed E-state index contributed by atoms with van der Waals surface area (Å²) < 4.78 is 5.50. The van der Waals surface area contributed by atoms with E-state index in [9.17, 15) is 4.79 Å². The highest BCUT2D eigenvalue weighted by molar-refractivity contribution is 5.89. The Labute approximate surface area is 126 Å². The number of H-pyrrole nitrogens is 1. The molecule has 1 aliphatic heterocycles. The van der Waals surface area contributed by atoms with Gasteiger partial charge in [0.1, 0.15) is 6.10 Å². The number of amides is 1. The van der Waals surface area contributed by atoms with Crippen LogP contribution in [-0.4, -0.2) is 44.2 Å². The SMILES string of the molecule is O=C(CCNc1ncccn1)Nc1n[nH]c([C@@H]2CCCO2)n1. The molecule has 0 saturated carbocycles. The average molecular weight is 303 g/mol. The lowest BCUT2D eigenvalue weighted by molar-refractivity contribution is -0.116. The van der Waals surface area contributed by atoms with Gasteiger partial charge < -0.3 is 10.1 Å². The van der Waals surface area contributed by atoms with Crippen molar-refractivity contribution in [1.82, 2.24) is 25.1 Å². The number of hydrogen-bond donors (Lipinski definition) is 3. The summed E-state index contributed by atoms with van der Waals surface area (Å²) in [7, 11) is 0. The molecule has 3 N–H and O–H groups in total. The summed E-state index contributed by atoms with van der Waals surface area (Å²) in [5.74, 6) is 1.24. The summed E-state index contributed by atoms with van der Waals surface area (Å²) in [6.07, 6.45) is 5.42. The number of hydrogen-bond acceptors (Lipinski definition) is 7. The van der Waals surface area contributed by atoms with Gasteiger partial charge in [0.2, 0.25) is 17.8 Å². The van der Waals surface area contributed by atoms with Crippen LogP contribution in [0.1, 0.15) is 31.2 Å². The van der Waals surface area contributed by atoms with Crippen LogP contribution in [0.2, 0.25) is 0 Å². The van der Waals surface area contributed by atoms with E-state index >= 15 is 0 Å². The summed E-state index contributed by atoms with van der Waals surface area (Å²) in [5.41, 5.74) is 0. The van der Waals surface area contributed by atoms with Crippen molar-refractivity contribution in [3.63, 3.8) is 0 Å². The molecule has 1 saturated heterocycles. The molecule has 9 nitrogen and oxygen atoms in total. The molecule has 3 heterocycles. The van der Waals surface area contributed by atoms with E-state index in [0.29, 0.717) is 18.3 Å². The lowest BCUT2D eigenvalue weighted by Gasteiger charge is -2.04. The third-order valence-corrected chi connectivity index (χ3v) is 3.19. The zero-order chi connectivity index (χ0) is 15.2. The maximum Gasteiger partial charge on any atom is 0.248 e. The minimum absolute atomic E-state index is 0.0463. The number of carbonyl (C=O) groups excluding carboxylic acids is 1. The number of aromatic amines is 1. The number of rotatable bonds is 6. The van der Waals surface area contributed by atoms with Gasteiger partial charge in [-0.2, -0.15) is 4.98 Å². The molecule has 3 rings (SSSR count). The highest BCUT2D eigenvalue weighted by Crippen LogP contribution is 2.25. The first-order valence-electron chi connectivity index (χ1n) is 7.16. The maximum atomic E-state index is 11.8.